The Morgan fingerprint density at radius 1 is 1.28 bits per heavy atom. The lowest BCUT2D eigenvalue weighted by molar-refractivity contribution is 0.539. The molecule has 1 aliphatic carbocycles. The van der Waals surface area contributed by atoms with E-state index in [0.29, 0.717) is 5.92 Å². The van der Waals surface area contributed by atoms with Crippen molar-refractivity contribution in [1.29, 1.82) is 0 Å². The van der Waals surface area contributed by atoms with Crippen molar-refractivity contribution in [2.75, 3.05) is 13.6 Å². The van der Waals surface area contributed by atoms with E-state index in [2.05, 4.69) is 58.8 Å². The summed E-state index contributed by atoms with van der Waals surface area (Å²) in [7, 11) is 3.81. The number of rotatable bonds is 4. The highest BCUT2D eigenvalue weighted by atomic mass is 15.3. The molecule has 0 spiro atoms. The maximum absolute atomic E-state index is 4.48. The molecule has 1 aromatic heterocycles. The third-order valence-corrected chi connectivity index (χ3v) is 5.32. The number of hydrogen-bond acceptors (Lipinski definition) is 2. The summed E-state index contributed by atoms with van der Waals surface area (Å²) in [6, 6.07) is 8.84. The van der Waals surface area contributed by atoms with Crippen LogP contribution >= 0.6 is 0 Å². The van der Waals surface area contributed by atoms with Crippen molar-refractivity contribution in [3.8, 4) is 0 Å². The monoisotopic (exact) mass is 339 g/mol. The van der Waals surface area contributed by atoms with Crippen molar-refractivity contribution in [2.45, 2.75) is 45.6 Å². The van der Waals surface area contributed by atoms with E-state index < -0.39 is 0 Å². The molecule has 1 heterocycles. The third-order valence-electron chi connectivity index (χ3n) is 5.32. The molecule has 1 atom stereocenters. The minimum Gasteiger partial charge on any atom is -0.356 e. The van der Waals surface area contributed by atoms with Crippen LogP contribution in [0.25, 0.3) is 0 Å². The van der Waals surface area contributed by atoms with Gasteiger partial charge in [0.25, 0.3) is 0 Å². The molecule has 5 nitrogen and oxygen atoms in total. The molecule has 1 aliphatic rings. The quantitative estimate of drug-likeness (QED) is 0.665. The smallest absolute Gasteiger partial charge is 0.191 e. The van der Waals surface area contributed by atoms with Gasteiger partial charge in [-0.15, -0.1) is 0 Å². The molecule has 0 saturated heterocycles. The summed E-state index contributed by atoms with van der Waals surface area (Å²) in [6.07, 6.45) is 3.71. The SMILES string of the molecule is CN=C(NCc1c(C)nn(C)c1C)NCC1CCCc2ccccc21. The molecule has 25 heavy (non-hydrogen) atoms. The van der Waals surface area contributed by atoms with Gasteiger partial charge in [-0.3, -0.25) is 9.67 Å². The van der Waals surface area contributed by atoms with Crippen LogP contribution in [0.1, 0.15) is 46.8 Å². The van der Waals surface area contributed by atoms with Crippen LogP contribution in [-0.2, 0) is 20.0 Å². The average molecular weight is 339 g/mol. The maximum atomic E-state index is 4.48. The summed E-state index contributed by atoms with van der Waals surface area (Å²) >= 11 is 0. The van der Waals surface area contributed by atoms with Crippen LogP contribution in [-0.4, -0.2) is 29.3 Å². The first-order chi connectivity index (χ1) is 12.1. The number of hydrogen-bond donors (Lipinski definition) is 2. The molecule has 2 aromatic rings. The standard InChI is InChI=1S/C20H29N5/c1-14-19(15(2)25(4)24-14)13-23-20(21-3)22-12-17-10-7-9-16-8-5-6-11-18(16)17/h5-6,8,11,17H,7,9-10,12-13H2,1-4H3,(H2,21,22,23). The number of aliphatic imine (C=N–C) groups is 1. The van der Waals surface area contributed by atoms with Crippen LogP contribution in [0.5, 0.6) is 0 Å². The second-order valence-electron chi connectivity index (χ2n) is 6.87. The zero-order valence-corrected chi connectivity index (χ0v) is 15.8. The largest absolute Gasteiger partial charge is 0.356 e. The lowest BCUT2D eigenvalue weighted by atomic mass is 9.83. The third kappa shape index (κ3) is 3.86. The summed E-state index contributed by atoms with van der Waals surface area (Å²) < 4.78 is 1.93. The Balaban J connectivity index is 1.59. The molecule has 134 valence electrons. The van der Waals surface area contributed by atoms with E-state index in [0.717, 1.165) is 24.7 Å². The first-order valence-electron chi connectivity index (χ1n) is 9.11. The topological polar surface area (TPSA) is 54.2 Å². The fourth-order valence-corrected chi connectivity index (χ4v) is 3.75. The Kier molecular flexibility index (Phi) is 5.41. The molecule has 0 aliphatic heterocycles. The van der Waals surface area contributed by atoms with Crippen molar-refractivity contribution >= 4 is 5.96 Å². The van der Waals surface area contributed by atoms with Gasteiger partial charge in [0.05, 0.1) is 5.69 Å². The molecule has 0 fully saturated rings. The number of benzene rings is 1. The minimum atomic E-state index is 0.561. The van der Waals surface area contributed by atoms with E-state index in [1.165, 1.54) is 41.6 Å². The number of nitrogens with one attached hydrogen (secondary N) is 2. The summed E-state index contributed by atoms with van der Waals surface area (Å²) in [5, 5.41) is 11.4. The van der Waals surface area contributed by atoms with Crippen molar-refractivity contribution in [3.05, 3.63) is 52.3 Å². The number of aromatic nitrogens is 2. The van der Waals surface area contributed by atoms with E-state index in [4.69, 9.17) is 0 Å². The van der Waals surface area contributed by atoms with Gasteiger partial charge in [-0.2, -0.15) is 5.10 Å². The Labute approximate surface area is 150 Å². The predicted molar refractivity (Wildman–Crippen MR) is 103 cm³/mol. The Morgan fingerprint density at radius 2 is 2.08 bits per heavy atom. The van der Waals surface area contributed by atoms with Crippen molar-refractivity contribution in [2.24, 2.45) is 12.0 Å². The second-order valence-corrected chi connectivity index (χ2v) is 6.87. The molecule has 2 N–H and O–H groups in total. The molecule has 1 unspecified atom stereocenters. The molecule has 0 amide bonds. The van der Waals surface area contributed by atoms with Gasteiger partial charge >= 0.3 is 0 Å². The van der Waals surface area contributed by atoms with Gasteiger partial charge < -0.3 is 10.6 Å². The van der Waals surface area contributed by atoms with Gasteiger partial charge in [-0.05, 0) is 44.2 Å². The minimum absolute atomic E-state index is 0.561. The summed E-state index contributed by atoms with van der Waals surface area (Å²) in [5.74, 6) is 1.41. The van der Waals surface area contributed by atoms with Gasteiger partial charge in [0.1, 0.15) is 0 Å². The van der Waals surface area contributed by atoms with Crippen LogP contribution < -0.4 is 10.6 Å². The van der Waals surface area contributed by atoms with Crippen molar-refractivity contribution in [1.82, 2.24) is 20.4 Å². The highest BCUT2D eigenvalue weighted by Gasteiger charge is 2.20. The van der Waals surface area contributed by atoms with Crippen molar-refractivity contribution < 1.29 is 0 Å². The van der Waals surface area contributed by atoms with E-state index in [1.54, 1.807) is 0 Å². The highest BCUT2D eigenvalue weighted by Crippen LogP contribution is 2.30. The summed E-state index contributed by atoms with van der Waals surface area (Å²) in [6.45, 7) is 5.82. The Morgan fingerprint density at radius 3 is 2.80 bits per heavy atom. The van der Waals surface area contributed by atoms with E-state index >= 15 is 0 Å². The van der Waals surface area contributed by atoms with Gasteiger partial charge in [-0.25, -0.2) is 0 Å². The molecule has 0 saturated carbocycles. The molecular weight excluding hydrogens is 310 g/mol. The Hall–Kier alpha value is -2.30. The van der Waals surface area contributed by atoms with Gasteiger partial charge in [0, 0.05) is 44.4 Å². The zero-order valence-electron chi connectivity index (χ0n) is 15.8. The van der Waals surface area contributed by atoms with E-state index in [1.807, 2.05) is 18.8 Å². The van der Waals surface area contributed by atoms with E-state index in [9.17, 15) is 0 Å². The van der Waals surface area contributed by atoms with Crippen LogP contribution in [0.4, 0.5) is 0 Å². The van der Waals surface area contributed by atoms with Gasteiger partial charge in [0.2, 0.25) is 0 Å². The van der Waals surface area contributed by atoms with Crippen LogP contribution in [0.2, 0.25) is 0 Å². The lowest BCUT2D eigenvalue weighted by Gasteiger charge is -2.26. The average Bonchev–Trinajstić information content (AvgIpc) is 2.87. The summed E-state index contributed by atoms with van der Waals surface area (Å²) in [5.41, 5.74) is 6.51. The number of aryl methyl sites for hydroxylation is 3. The Bertz CT molecular complexity index is 759. The molecule has 0 bridgehead atoms. The van der Waals surface area contributed by atoms with Gasteiger partial charge in [0.15, 0.2) is 5.96 Å². The first-order valence-corrected chi connectivity index (χ1v) is 9.11. The predicted octanol–water partition coefficient (Wildman–Crippen LogP) is 2.82. The van der Waals surface area contributed by atoms with E-state index in [-0.39, 0.29) is 0 Å². The van der Waals surface area contributed by atoms with Crippen LogP contribution in [0.3, 0.4) is 0 Å². The fourth-order valence-electron chi connectivity index (χ4n) is 3.75. The van der Waals surface area contributed by atoms with Gasteiger partial charge in [-0.1, -0.05) is 24.3 Å². The molecule has 5 heteroatoms. The number of fused-ring (bicyclic) bond motifs is 1. The summed E-state index contributed by atoms with van der Waals surface area (Å²) in [4.78, 5) is 4.38. The molecular formula is C20H29N5. The highest BCUT2D eigenvalue weighted by molar-refractivity contribution is 5.79. The van der Waals surface area contributed by atoms with Crippen molar-refractivity contribution in [3.63, 3.8) is 0 Å². The maximum Gasteiger partial charge on any atom is 0.191 e. The normalized spacial score (nSPS) is 17.3. The molecule has 1 aromatic carbocycles. The first kappa shape index (κ1) is 17.5. The molecule has 3 rings (SSSR count). The number of nitrogens with zero attached hydrogens (tertiary/aromatic N) is 3. The van der Waals surface area contributed by atoms with Crippen LogP contribution in [0.15, 0.2) is 29.3 Å². The number of guanidine groups is 1. The molecule has 0 radical (unpaired) electrons. The second kappa shape index (κ2) is 7.72. The van der Waals surface area contributed by atoms with Crippen LogP contribution in [0, 0.1) is 13.8 Å². The lowest BCUT2D eigenvalue weighted by Crippen LogP contribution is -2.39. The fraction of sp³-hybridized carbons (Fsp3) is 0.500. The zero-order chi connectivity index (χ0) is 17.8.